The maximum absolute atomic E-state index is 12.2. The van der Waals surface area contributed by atoms with Gasteiger partial charge in [0.25, 0.3) is 0 Å². The zero-order valence-electron chi connectivity index (χ0n) is 13.9. The Balaban J connectivity index is 1.79. The van der Waals surface area contributed by atoms with Gasteiger partial charge in [0.15, 0.2) is 0 Å². The minimum atomic E-state index is 0.00115. The Hall–Kier alpha value is -2.65. The van der Waals surface area contributed by atoms with Gasteiger partial charge in [-0.15, -0.1) is 11.3 Å². The van der Waals surface area contributed by atoms with Crippen molar-refractivity contribution in [3.63, 3.8) is 0 Å². The lowest BCUT2D eigenvalue weighted by Gasteiger charge is -2.32. The third kappa shape index (κ3) is 3.03. The third-order valence-electron chi connectivity index (χ3n) is 4.70. The molecular weight excluding hydrogens is 326 g/mol. The normalized spacial score (nSPS) is 16.3. The Labute approximate surface area is 152 Å². The van der Waals surface area contributed by atoms with E-state index < -0.39 is 0 Å². The number of hydrogen-bond donors (Lipinski definition) is 0. The molecule has 0 spiro atoms. The lowest BCUT2D eigenvalue weighted by atomic mass is 9.88. The molecule has 1 aromatic heterocycles. The van der Waals surface area contributed by atoms with Crippen LogP contribution < -0.4 is 0 Å². The minimum absolute atomic E-state index is 0.00115. The number of rotatable bonds is 3. The van der Waals surface area contributed by atoms with Crippen LogP contribution in [0.3, 0.4) is 0 Å². The van der Waals surface area contributed by atoms with Crippen molar-refractivity contribution in [3.05, 3.63) is 95.4 Å². The van der Waals surface area contributed by atoms with Crippen LogP contribution in [0, 0.1) is 0 Å². The van der Waals surface area contributed by atoms with Crippen molar-refractivity contribution in [2.75, 3.05) is 6.54 Å². The summed E-state index contributed by atoms with van der Waals surface area (Å²) in [5.74, 6) is 0.212. The minimum Gasteiger partial charge on any atom is -0.333 e. The molecule has 0 N–H and O–H groups in total. The maximum Gasteiger partial charge on any atom is 0.246 e. The number of benzene rings is 2. The number of fused-ring (bicyclic) bond motifs is 1. The molecule has 1 atom stereocenters. The van der Waals surface area contributed by atoms with Gasteiger partial charge in [-0.25, -0.2) is 0 Å². The van der Waals surface area contributed by atoms with E-state index >= 15 is 0 Å². The van der Waals surface area contributed by atoms with Crippen molar-refractivity contribution in [3.8, 4) is 10.4 Å². The van der Waals surface area contributed by atoms with Crippen LogP contribution in [0.1, 0.15) is 21.9 Å². The van der Waals surface area contributed by atoms with Gasteiger partial charge in [-0.3, -0.25) is 4.79 Å². The molecule has 1 aliphatic rings. The van der Waals surface area contributed by atoms with Crippen molar-refractivity contribution in [1.82, 2.24) is 4.90 Å². The Kier molecular flexibility index (Phi) is 4.24. The summed E-state index contributed by atoms with van der Waals surface area (Å²) in [6.45, 7) is 5.02. The molecule has 0 bridgehead atoms. The highest BCUT2D eigenvalue weighted by molar-refractivity contribution is 7.15. The Morgan fingerprint density at radius 3 is 2.44 bits per heavy atom. The zero-order chi connectivity index (χ0) is 17.2. The predicted molar refractivity (Wildman–Crippen MR) is 104 cm³/mol. The Morgan fingerprint density at radius 2 is 1.76 bits per heavy atom. The highest BCUT2D eigenvalue weighted by Crippen LogP contribution is 2.41. The van der Waals surface area contributed by atoms with Crippen molar-refractivity contribution < 1.29 is 4.79 Å². The highest BCUT2D eigenvalue weighted by atomic mass is 32.1. The van der Waals surface area contributed by atoms with Crippen LogP contribution in [-0.2, 0) is 11.3 Å². The topological polar surface area (TPSA) is 20.3 Å². The molecule has 1 aliphatic heterocycles. The second-order valence-corrected chi connectivity index (χ2v) is 7.38. The lowest BCUT2D eigenvalue weighted by Crippen LogP contribution is -2.36. The van der Waals surface area contributed by atoms with Gasteiger partial charge < -0.3 is 4.90 Å². The fourth-order valence-corrected chi connectivity index (χ4v) is 4.67. The van der Waals surface area contributed by atoms with Gasteiger partial charge in [0, 0.05) is 22.2 Å². The largest absolute Gasteiger partial charge is 0.333 e. The molecule has 0 fully saturated rings. The molecule has 25 heavy (non-hydrogen) atoms. The lowest BCUT2D eigenvalue weighted by molar-refractivity contribution is -0.127. The summed E-state index contributed by atoms with van der Waals surface area (Å²) in [4.78, 5) is 16.7. The van der Waals surface area contributed by atoms with Crippen LogP contribution in [0.4, 0.5) is 0 Å². The Bertz CT molecular complexity index is 898. The molecule has 0 saturated carbocycles. The molecule has 3 aromatic rings. The second-order valence-electron chi connectivity index (χ2n) is 6.24. The van der Waals surface area contributed by atoms with Crippen LogP contribution in [0.15, 0.2) is 79.4 Å². The van der Waals surface area contributed by atoms with E-state index in [1.54, 1.807) is 11.3 Å². The predicted octanol–water partition coefficient (Wildman–Crippen LogP) is 5.08. The smallest absolute Gasteiger partial charge is 0.246 e. The summed E-state index contributed by atoms with van der Waals surface area (Å²) < 4.78 is 0. The van der Waals surface area contributed by atoms with Crippen LogP contribution in [0.5, 0.6) is 0 Å². The molecule has 0 saturated heterocycles. The highest BCUT2D eigenvalue weighted by Gasteiger charge is 2.30. The molecule has 4 rings (SSSR count). The van der Waals surface area contributed by atoms with Crippen LogP contribution in [0.2, 0.25) is 0 Å². The number of hydrogen-bond acceptors (Lipinski definition) is 2. The van der Waals surface area contributed by atoms with E-state index in [0.29, 0.717) is 13.1 Å². The van der Waals surface area contributed by atoms with E-state index in [2.05, 4.69) is 61.2 Å². The van der Waals surface area contributed by atoms with Gasteiger partial charge in [-0.05, 0) is 28.8 Å². The average molecular weight is 345 g/mol. The number of amides is 1. The van der Waals surface area contributed by atoms with E-state index in [4.69, 9.17) is 0 Å². The molecule has 2 heterocycles. The summed E-state index contributed by atoms with van der Waals surface area (Å²) in [7, 11) is 0. The first kappa shape index (κ1) is 15.9. The molecule has 0 radical (unpaired) electrons. The van der Waals surface area contributed by atoms with Gasteiger partial charge in [0.05, 0.1) is 6.54 Å². The van der Waals surface area contributed by atoms with Crippen molar-refractivity contribution >= 4 is 17.2 Å². The maximum atomic E-state index is 12.2. The van der Waals surface area contributed by atoms with Crippen LogP contribution in [0.25, 0.3) is 10.4 Å². The van der Waals surface area contributed by atoms with Gasteiger partial charge in [0.2, 0.25) is 5.91 Å². The summed E-state index contributed by atoms with van der Waals surface area (Å²) in [6.07, 6.45) is 1.42. The van der Waals surface area contributed by atoms with Gasteiger partial charge in [-0.1, -0.05) is 67.2 Å². The number of carbonyl (C=O) groups is 1. The van der Waals surface area contributed by atoms with Crippen molar-refractivity contribution in [2.24, 2.45) is 0 Å². The molecule has 124 valence electrons. The zero-order valence-corrected chi connectivity index (χ0v) is 14.7. The van der Waals surface area contributed by atoms with Gasteiger partial charge in [-0.2, -0.15) is 0 Å². The van der Waals surface area contributed by atoms with Crippen LogP contribution >= 0.6 is 11.3 Å². The van der Waals surface area contributed by atoms with Crippen molar-refractivity contribution in [2.45, 2.75) is 12.5 Å². The molecule has 0 unspecified atom stereocenters. The summed E-state index contributed by atoms with van der Waals surface area (Å²) in [5.41, 5.74) is 3.83. The number of nitrogens with zero attached hydrogens (tertiary/aromatic N) is 1. The molecule has 1 amide bonds. The van der Waals surface area contributed by atoms with E-state index in [9.17, 15) is 4.79 Å². The molecule has 0 aliphatic carbocycles. The van der Waals surface area contributed by atoms with E-state index in [1.807, 2.05) is 17.0 Å². The van der Waals surface area contributed by atoms with E-state index in [-0.39, 0.29) is 11.8 Å². The fraction of sp³-hybridized carbons (Fsp3) is 0.136. The monoisotopic (exact) mass is 345 g/mol. The average Bonchev–Trinajstić information content (AvgIpc) is 3.12. The molecular formula is C22H19NOS. The number of thiophene rings is 1. The third-order valence-corrected chi connectivity index (χ3v) is 5.89. The standard InChI is InChI=1S/C22H19NOS/c1-2-22(24)23-14-19(16-9-5-3-6-10-16)18-13-20(25-21(18)15-23)17-11-7-4-8-12-17/h2-13,19H,1,14-15H2/t19-/m0/s1. The first-order valence-corrected chi connectivity index (χ1v) is 9.22. The van der Waals surface area contributed by atoms with Gasteiger partial charge in [0.1, 0.15) is 0 Å². The molecule has 2 aromatic carbocycles. The molecule has 3 heteroatoms. The Morgan fingerprint density at radius 1 is 1.08 bits per heavy atom. The summed E-state index contributed by atoms with van der Waals surface area (Å²) in [5, 5.41) is 0. The van der Waals surface area contributed by atoms with E-state index in [1.165, 1.54) is 32.5 Å². The van der Waals surface area contributed by atoms with Crippen LogP contribution in [-0.4, -0.2) is 17.4 Å². The first-order chi connectivity index (χ1) is 12.3. The summed E-state index contributed by atoms with van der Waals surface area (Å²) in [6, 6.07) is 23.2. The number of carbonyl (C=O) groups excluding carboxylic acids is 1. The van der Waals surface area contributed by atoms with E-state index in [0.717, 1.165) is 0 Å². The first-order valence-electron chi connectivity index (χ1n) is 8.40. The SMILES string of the molecule is C=CC(=O)N1Cc2sc(-c3ccccc3)cc2[C@H](c2ccccc2)C1. The van der Waals surface area contributed by atoms with Gasteiger partial charge >= 0.3 is 0 Å². The second kappa shape index (κ2) is 6.69. The fourth-order valence-electron chi connectivity index (χ4n) is 3.43. The molecule has 2 nitrogen and oxygen atoms in total. The summed E-state index contributed by atoms with van der Waals surface area (Å²) >= 11 is 1.79. The quantitative estimate of drug-likeness (QED) is 0.607. The van der Waals surface area contributed by atoms with Crippen molar-refractivity contribution in [1.29, 1.82) is 0 Å².